The minimum absolute atomic E-state index is 0.207. The summed E-state index contributed by atoms with van der Waals surface area (Å²) in [6, 6.07) is 3.56. The molecular formula is C9H5Br3N2O2. The SMILES string of the molecule is O=c1c(Br)c(Br)cnn1Cc1ccc(Br)o1. The molecule has 0 radical (unpaired) electrons. The van der Waals surface area contributed by atoms with Crippen LogP contribution < -0.4 is 5.56 Å². The van der Waals surface area contributed by atoms with Crippen molar-refractivity contribution in [3.05, 3.63) is 48.1 Å². The summed E-state index contributed by atoms with van der Waals surface area (Å²) in [5.74, 6) is 0.663. The highest BCUT2D eigenvalue weighted by Gasteiger charge is 2.08. The predicted octanol–water partition coefficient (Wildman–Crippen LogP) is 3.17. The van der Waals surface area contributed by atoms with Crippen molar-refractivity contribution in [3.63, 3.8) is 0 Å². The van der Waals surface area contributed by atoms with E-state index in [1.54, 1.807) is 18.3 Å². The first-order chi connectivity index (χ1) is 7.58. The molecule has 2 heterocycles. The van der Waals surface area contributed by atoms with Gasteiger partial charge in [0.05, 0.1) is 10.7 Å². The van der Waals surface area contributed by atoms with E-state index in [0.717, 1.165) is 0 Å². The first-order valence-electron chi connectivity index (χ1n) is 4.23. The van der Waals surface area contributed by atoms with E-state index in [9.17, 15) is 4.79 Å². The molecule has 0 aromatic carbocycles. The lowest BCUT2D eigenvalue weighted by molar-refractivity contribution is 0.455. The van der Waals surface area contributed by atoms with Crippen LogP contribution >= 0.6 is 47.8 Å². The molecule has 0 N–H and O–H groups in total. The Morgan fingerprint density at radius 2 is 2.06 bits per heavy atom. The highest BCUT2D eigenvalue weighted by Crippen LogP contribution is 2.18. The van der Waals surface area contributed by atoms with Gasteiger partial charge in [-0.25, -0.2) is 4.68 Å². The summed E-state index contributed by atoms with van der Waals surface area (Å²) in [6.45, 7) is 0.302. The lowest BCUT2D eigenvalue weighted by atomic mass is 10.4. The minimum Gasteiger partial charge on any atom is -0.452 e. The number of halogens is 3. The van der Waals surface area contributed by atoms with Crippen LogP contribution in [0.3, 0.4) is 0 Å². The zero-order valence-corrected chi connectivity index (χ0v) is 12.5. The second-order valence-corrected chi connectivity index (χ2v) is 5.40. The van der Waals surface area contributed by atoms with Crippen molar-refractivity contribution in [1.29, 1.82) is 0 Å². The van der Waals surface area contributed by atoms with E-state index < -0.39 is 0 Å². The van der Waals surface area contributed by atoms with Crippen LogP contribution in [0, 0.1) is 0 Å². The monoisotopic (exact) mass is 410 g/mol. The molecule has 0 aliphatic rings. The van der Waals surface area contributed by atoms with Gasteiger partial charge in [-0.15, -0.1) is 0 Å². The fourth-order valence-corrected chi connectivity index (χ4v) is 2.05. The molecule has 0 unspecified atom stereocenters. The summed E-state index contributed by atoms with van der Waals surface area (Å²) in [7, 11) is 0. The molecule has 16 heavy (non-hydrogen) atoms. The highest BCUT2D eigenvalue weighted by atomic mass is 79.9. The molecule has 7 heteroatoms. The lowest BCUT2D eigenvalue weighted by Crippen LogP contribution is -2.23. The molecule has 0 atom stereocenters. The topological polar surface area (TPSA) is 48.0 Å². The standard InChI is InChI=1S/C9H5Br3N2O2/c10-6-3-13-14(9(15)8(6)12)4-5-1-2-7(11)16-5/h1-3H,4H2. The van der Waals surface area contributed by atoms with E-state index in [0.29, 0.717) is 25.9 Å². The van der Waals surface area contributed by atoms with E-state index >= 15 is 0 Å². The fourth-order valence-electron chi connectivity index (χ4n) is 1.14. The molecule has 4 nitrogen and oxygen atoms in total. The number of hydrogen-bond acceptors (Lipinski definition) is 3. The number of nitrogens with zero attached hydrogens (tertiary/aromatic N) is 2. The first-order valence-corrected chi connectivity index (χ1v) is 6.61. The Balaban J connectivity index is 2.36. The Morgan fingerprint density at radius 3 is 2.69 bits per heavy atom. The molecule has 0 saturated heterocycles. The molecule has 2 rings (SSSR count). The summed E-state index contributed by atoms with van der Waals surface area (Å²) in [5.41, 5.74) is -0.207. The number of rotatable bonds is 2. The van der Waals surface area contributed by atoms with Crippen LogP contribution in [0.1, 0.15) is 5.76 Å². The third-order valence-corrected chi connectivity index (χ3v) is 4.20. The van der Waals surface area contributed by atoms with Gasteiger partial charge in [-0.2, -0.15) is 5.10 Å². The second kappa shape index (κ2) is 4.85. The van der Waals surface area contributed by atoms with Gasteiger partial charge in [0.1, 0.15) is 16.8 Å². The van der Waals surface area contributed by atoms with Gasteiger partial charge in [0.25, 0.3) is 5.56 Å². The Kier molecular flexibility index (Phi) is 3.66. The maximum atomic E-state index is 11.8. The third kappa shape index (κ3) is 2.46. The summed E-state index contributed by atoms with van der Waals surface area (Å²) in [4.78, 5) is 11.8. The van der Waals surface area contributed by atoms with Crippen molar-refractivity contribution in [3.8, 4) is 0 Å². The molecule has 0 aliphatic heterocycles. The third-order valence-electron chi connectivity index (χ3n) is 1.88. The Bertz CT molecular complexity index is 576. The van der Waals surface area contributed by atoms with Gasteiger partial charge in [-0.1, -0.05) is 0 Å². The summed E-state index contributed by atoms with van der Waals surface area (Å²) in [6.07, 6.45) is 1.56. The summed E-state index contributed by atoms with van der Waals surface area (Å²) >= 11 is 9.60. The molecule has 0 amide bonds. The van der Waals surface area contributed by atoms with Gasteiger partial charge < -0.3 is 4.42 Å². The van der Waals surface area contributed by atoms with Crippen LogP contribution in [-0.2, 0) is 6.54 Å². The van der Waals surface area contributed by atoms with Crippen LogP contribution in [-0.4, -0.2) is 9.78 Å². The highest BCUT2D eigenvalue weighted by molar-refractivity contribution is 9.13. The zero-order valence-electron chi connectivity index (χ0n) is 7.78. The van der Waals surface area contributed by atoms with Crippen molar-refractivity contribution in [2.24, 2.45) is 0 Å². The van der Waals surface area contributed by atoms with E-state index in [-0.39, 0.29) is 5.56 Å². The van der Waals surface area contributed by atoms with E-state index in [1.165, 1.54) is 4.68 Å². The molecule has 0 bridgehead atoms. The van der Waals surface area contributed by atoms with E-state index in [2.05, 4.69) is 52.9 Å². The van der Waals surface area contributed by atoms with Crippen molar-refractivity contribution in [2.45, 2.75) is 6.54 Å². The Labute approximate surface area is 116 Å². The quantitative estimate of drug-likeness (QED) is 0.761. The van der Waals surface area contributed by atoms with Gasteiger partial charge in [-0.05, 0) is 59.9 Å². The van der Waals surface area contributed by atoms with Gasteiger partial charge >= 0.3 is 0 Å². The zero-order chi connectivity index (χ0) is 11.7. The molecule has 2 aromatic heterocycles. The molecule has 2 aromatic rings. The van der Waals surface area contributed by atoms with Crippen molar-refractivity contribution < 1.29 is 4.42 Å². The number of aromatic nitrogens is 2. The maximum Gasteiger partial charge on any atom is 0.282 e. The minimum atomic E-state index is -0.207. The van der Waals surface area contributed by atoms with Gasteiger partial charge in [0.2, 0.25) is 0 Å². The Morgan fingerprint density at radius 1 is 1.31 bits per heavy atom. The molecule has 0 saturated carbocycles. The smallest absolute Gasteiger partial charge is 0.282 e. The normalized spacial score (nSPS) is 10.7. The van der Waals surface area contributed by atoms with Gasteiger partial charge in [0, 0.05) is 0 Å². The van der Waals surface area contributed by atoms with Crippen molar-refractivity contribution in [1.82, 2.24) is 9.78 Å². The average molecular weight is 413 g/mol. The number of hydrogen-bond donors (Lipinski definition) is 0. The van der Waals surface area contributed by atoms with Crippen LogP contribution in [0.15, 0.2) is 41.2 Å². The van der Waals surface area contributed by atoms with Crippen LogP contribution in [0.25, 0.3) is 0 Å². The Hall–Kier alpha value is -0.400. The average Bonchev–Trinajstić information content (AvgIpc) is 2.65. The molecule has 84 valence electrons. The molecule has 0 spiro atoms. The van der Waals surface area contributed by atoms with E-state index in [1.807, 2.05) is 0 Å². The van der Waals surface area contributed by atoms with Crippen LogP contribution in [0.4, 0.5) is 0 Å². The van der Waals surface area contributed by atoms with Gasteiger partial charge in [-0.3, -0.25) is 4.79 Å². The first kappa shape index (κ1) is 12.1. The lowest BCUT2D eigenvalue weighted by Gasteiger charge is -2.03. The largest absolute Gasteiger partial charge is 0.452 e. The van der Waals surface area contributed by atoms with Gasteiger partial charge in [0.15, 0.2) is 4.67 Å². The van der Waals surface area contributed by atoms with Crippen molar-refractivity contribution in [2.75, 3.05) is 0 Å². The summed E-state index contributed by atoms with van der Waals surface area (Å²) in [5, 5.41) is 4.00. The molecule has 0 fully saturated rings. The molecular weight excluding hydrogens is 408 g/mol. The van der Waals surface area contributed by atoms with Crippen LogP contribution in [0.5, 0.6) is 0 Å². The summed E-state index contributed by atoms with van der Waals surface area (Å²) < 4.78 is 8.34. The second-order valence-electron chi connectivity index (χ2n) is 2.98. The van der Waals surface area contributed by atoms with Crippen LogP contribution in [0.2, 0.25) is 0 Å². The fraction of sp³-hybridized carbons (Fsp3) is 0.111. The van der Waals surface area contributed by atoms with E-state index in [4.69, 9.17) is 4.42 Å². The predicted molar refractivity (Wildman–Crippen MR) is 69.4 cm³/mol. The number of furan rings is 1. The van der Waals surface area contributed by atoms with Crippen molar-refractivity contribution >= 4 is 47.8 Å². The molecule has 0 aliphatic carbocycles. The maximum absolute atomic E-state index is 11.8.